The van der Waals surface area contributed by atoms with Crippen LogP contribution in [0, 0.1) is 12.3 Å². The van der Waals surface area contributed by atoms with Crippen LogP contribution in [0.5, 0.6) is 0 Å². The van der Waals surface area contributed by atoms with Crippen LogP contribution in [0.4, 0.5) is 21.9 Å². The summed E-state index contributed by atoms with van der Waals surface area (Å²) >= 11 is 0. The molecule has 2 aromatic carbocycles. The minimum atomic E-state index is -0.727. The molecule has 186 valence electrons. The summed E-state index contributed by atoms with van der Waals surface area (Å²) in [5.41, 5.74) is 1.73. The van der Waals surface area contributed by atoms with Gasteiger partial charge in [0, 0.05) is 25.3 Å². The molecule has 0 saturated carbocycles. The van der Waals surface area contributed by atoms with Gasteiger partial charge in [-0.1, -0.05) is 23.3 Å². The van der Waals surface area contributed by atoms with Crippen molar-refractivity contribution in [2.45, 2.75) is 32.8 Å². The zero-order chi connectivity index (χ0) is 26.5. The molecule has 0 unspecified atom stereocenters. The van der Waals surface area contributed by atoms with Crippen LogP contribution in [0.25, 0.3) is 5.69 Å². The minimum absolute atomic E-state index is 0.197. The second kappa shape index (κ2) is 10.7. The fraction of sp³-hybridized carbons (Fsp3) is 0.269. The lowest BCUT2D eigenvalue weighted by molar-refractivity contribution is -0.115. The van der Waals surface area contributed by atoms with Crippen molar-refractivity contribution in [3.05, 3.63) is 59.9 Å². The number of hydrogen-bond donors (Lipinski definition) is 2. The van der Waals surface area contributed by atoms with E-state index in [2.05, 4.69) is 26.9 Å². The number of Topliss-reactive ketones (excluding diaryl/α,β-unsaturated/α-hetero) is 1. The van der Waals surface area contributed by atoms with E-state index < -0.39 is 29.8 Å². The van der Waals surface area contributed by atoms with E-state index in [0.717, 1.165) is 0 Å². The minimum Gasteiger partial charge on any atom is -0.444 e. The number of carbonyl (C=O) groups is 3. The van der Waals surface area contributed by atoms with Crippen LogP contribution in [0.1, 0.15) is 43.1 Å². The zero-order valence-electron chi connectivity index (χ0n) is 20.8. The van der Waals surface area contributed by atoms with Crippen LogP contribution in [0.15, 0.2) is 48.8 Å². The Bertz CT molecular complexity index is 1320. The number of nitrogens with zero attached hydrogens (tertiary/aromatic N) is 4. The van der Waals surface area contributed by atoms with Crippen molar-refractivity contribution in [1.29, 1.82) is 0 Å². The molecule has 3 aromatic rings. The van der Waals surface area contributed by atoms with Crippen LogP contribution in [-0.2, 0) is 9.53 Å². The van der Waals surface area contributed by atoms with E-state index in [1.54, 1.807) is 68.3 Å². The highest BCUT2D eigenvalue weighted by Gasteiger charge is 2.21. The first-order valence-electron chi connectivity index (χ1n) is 11.1. The van der Waals surface area contributed by atoms with Gasteiger partial charge in [-0.15, -0.1) is 11.5 Å². The molecule has 0 radical (unpaired) electrons. The fourth-order valence-corrected chi connectivity index (χ4v) is 3.24. The molecule has 0 fully saturated rings. The molecule has 1 heterocycles. The van der Waals surface area contributed by atoms with Gasteiger partial charge in [-0.25, -0.2) is 9.48 Å². The summed E-state index contributed by atoms with van der Waals surface area (Å²) in [7, 11) is 3.63. The van der Waals surface area contributed by atoms with Crippen LogP contribution >= 0.6 is 0 Å². The Labute approximate surface area is 209 Å². The van der Waals surface area contributed by atoms with Gasteiger partial charge < -0.3 is 15.0 Å². The van der Waals surface area contributed by atoms with Gasteiger partial charge in [0.15, 0.2) is 5.78 Å². The lowest BCUT2D eigenvalue weighted by Gasteiger charge is -2.22. The number of benzene rings is 2. The van der Waals surface area contributed by atoms with Crippen LogP contribution in [0.2, 0.25) is 0 Å². The van der Waals surface area contributed by atoms with Gasteiger partial charge >= 0.3 is 6.09 Å². The van der Waals surface area contributed by atoms with Gasteiger partial charge in [0.05, 0.1) is 41.4 Å². The first-order valence-corrected chi connectivity index (χ1v) is 11.1. The number of hydrogen-bond acceptors (Lipinski definition) is 7. The first-order chi connectivity index (χ1) is 17.0. The number of anilines is 3. The van der Waals surface area contributed by atoms with Crippen molar-refractivity contribution in [2.24, 2.45) is 0 Å². The molecule has 10 nitrogen and oxygen atoms in total. The maximum Gasteiger partial charge on any atom is 0.412 e. The van der Waals surface area contributed by atoms with Gasteiger partial charge in [0.1, 0.15) is 5.60 Å². The van der Waals surface area contributed by atoms with E-state index in [1.807, 2.05) is 14.1 Å². The average Bonchev–Trinajstić information content (AvgIpc) is 3.33. The van der Waals surface area contributed by atoms with Crippen molar-refractivity contribution >= 4 is 34.8 Å². The standard InChI is InChI=1S/C26H28N6O4/c1-7-17-13-20(31(5)6)15-21(28-25(35)36-26(2,3)4)24(17)29-23(34)16-22(33)18-9-8-10-19(14-18)32-12-11-27-30-32/h1,8-15H,16H2,2-6H3,(H,28,35)(H,29,34). The van der Waals surface area contributed by atoms with E-state index in [0.29, 0.717) is 22.5 Å². The number of aromatic nitrogens is 3. The second-order valence-corrected chi connectivity index (χ2v) is 9.13. The van der Waals surface area contributed by atoms with E-state index in [9.17, 15) is 14.4 Å². The molecule has 0 spiro atoms. The van der Waals surface area contributed by atoms with Crippen LogP contribution < -0.4 is 15.5 Å². The largest absolute Gasteiger partial charge is 0.444 e. The highest BCUT2D eigenvalue weighted by Crippen LogP contribution is 2.32. The quantitative estimate of drug-likeness (QED) is 0.294. The third kappa shape index (κ3) is 6.70. The first kappa shape index (κ1) is 26.0. The molecule has 0 aliphatic carbocycles. The second-order valence-electron chi connectivity index (χ2n) is 9.13. The van der Waals surface area contributed by atoms with E-state index in [4.69, 9.17) is 11.2 Å². The zero-order valence-corrected chi connectivity index (χ0v) is 20.8. The summed E-state index contributed by atoms with van der Waals surface area (Å²) in [4.78, 5) is 40.0. The molecule has 1 aromatic heterocycles. The molecule has 10 heteroatoms. The normalized spacial score (nSPS) is 10.8. The fourth-order valence-electron chi connectivity index (χ4n) is 3.24. The predicted molar refractivity (Wildman–Crippen MR) is 137 cm³/mol. The molecule has 0 saturated heterocycles. The molecular weight excluding hydrogens is 460 g/mol. The topological polar surface area (TPSA) is 118 Å². The van der Waals surface area contributed by atoms with Gasteiger partial charge in [-0.05, 0) is 45.0 Å². The molecule has 2 N–H and O–H groups in total. The molecule has 0 aliphatic rings. The molecular formula is C26H28N6O4. The highest BCUT2D eigenvalue weighted by atomic mass is 16.6. The van der Waals surface area contributed by atoms with E-state index in [-0.39, 0.29) is 11.4 Å². The Morgan fingerprint density at radius 1 is 1.14 bits per heavy atom. The Morgan fingerprint density at radius 3 is 2.50 bits per heavy atom. The summed E-state index contributed by atoms with van der Waals surface area (Å²) in [5.74, 6) is 1.54. The lowest BCUT2D eigenvalue weighted by Crippen LogP contribution is -2.28. The number of carbonyl (C=O) groups excluding carboxylic acids is 3. The Morgan fingerprint density at radius 2 is 1.89 bits per heavy atom. The van der Waals surface area contributed by atoms with Crippen molar-refractivity contribution < 1.29 is 19.1 Å². The van der Waals surface area contributed by atoms with Crippen LogP contribution in [0.3, 0.4) is 0 Å². The van der Waals surface area contributed by atoms with Crippen molar-refractivity contribution in [1.82, 2.24) is 15.0 Å². The monoisotopic (exact) mass is 488 g/mol. The SMILES string of the molecule is C#Cc1cc(N(C)C)cc(NC(=O)OC(C)(C)C)c1NC(=O)CC(=O)c1cccc(-n2ccnn2)c1. The predicted octanol–water partition coefficient (Wildman–Crippen LogP) is 3.87. The molecule has 0 atom stereocenters. The average molecular weight is 489 g/mol. The molecule has 0 aliphatic heterocycles. The number of amides is 2. The third-order valence-corrected chi connectivity index (χ3v) is 4.87. The van der Waals surface area contributed by atoms with Gasteiger partial charge in [0.25, 0.3) is 0 Å². The maximum absolute atomic E-state index is 12.9. The summed E-state index contributed by atoms with van der Waals surface area (Å²) < 4.78 is 6.86. The van der Waals surface area contributed by atoms with Gasteiger partial charge in [-0.3, -0.25) is 14.9 Å². The number of rotatable bonds is 7. The van der Waals surface area contributed by atoms with Crippen molar-refractivity contribution in [3.63, 3.8) is 0 Å². The maximum atomic E-state index is 12.9. The molecule has 36 heavy (non-hydrogen) atoms. The summed E-state index contributed by atoms with van der Waals surface area (Å²) in [6.45, 7) is 5.21. The number of ether oxygens (including phenoxy) is 1. The van der Waals surface area contributed by atoms with Gasteiger partial charge in [0.2, 0.25) is 5.91 Å². The number of terminal acetylenes is 1. The Hall–Kier alpha value is -4.65. The molecule has 2 amide bonds. The third-order valence-electron chi connectivity index (χ3n) is 4.87. The summed E-state index contributed by atoms with van der Waals surface area (Å²) in [5, 5.41) is 13.0. The highest BCUT2D eigenvalue weighted by molar-refractivity contribution is 6.12. The van der Waals surface area contributed by atoms with Crippen molar-refractivity contribution in [3.8, 4) is 18.0 Å². The number of nitrogens with one attached hydrogen (secondary N) is 2. The molecule has 0 bridgehead atoms. The summed E-state index contributed by atoms with van der Waals surface area (Å²) in [6, 6.07) is 10.1. The van der Waals surface area contributed by atoms with Gasteiger partial charge in [-0.2, -0.15) is 0 Å². The summed E-state index contributed by atoms with van der Waals surface area (Å²) in [6.07, 6.45) is 7.73. The lowest BCUT2D eigenvalue weighted by atomic mass is 10.1. The molecule has 3 rings (SSSR count). The smallest absolute Gasteiger partial charge is 0.412 e. The van der Waals surface area contributed by atoms with Crippen molar-refractivity contribution in [2.75, 3.05) is 29.6 Å². The number of ketones is 1. The Balaban J connectivity index is 1.84. The van der Waals surface area contributed by atoms with Crippen LogP contribution in [-0.4, -0.2) is 52.5 Å². The van der Waals surface area contributed by atoms with E-state index in [1.165, 1.54) is 10.9 Å². The Kier molecular flexibility index (Phi) is 7.74. The van der Waals surface area contributed by atoms with E-state index >= 15 is 0 Å².